The molecule has 0 bridgehead atoms. The topological polar surface area (TPSA) is 46.6 Å². The highest BCUT2D eigenvalue weighted by molar-refractivity contribution is 5.48. The Hall–Kier alpha value is -2.32. The van der Waals surface area contributed by atoms with E-state index in [0.29, 0.717) is 13.0 Å². The van der Waals surface area contributed by atoms with Crippen molar-refractivity contribution in [3.8, 4) is 5.88 Å². The molecule has 2 aliphatic rings. The van der Waals surface area contributed by atoms with Crippen LogP contribution in [0.3, 0.4) is 0 Å². The van der Waals surface area contributed by atoms with E-state index in [0.717, 1.165) is 49.9 Å². The lowest BCUT2D eigenvalue weighted by Gasteiger charge is -2.33. The van der Waals surface area contributed by atoms with E-state index >= 15 is 0 Å². The Morgan fingerprint density at radius 2 is 1.83 bits per heavy atom. The highest BCUT2D eigenvalue weighted by Gasteiger charge is 2.34. The van der Waals surface area contributed by atoms with Crippen LogP contribution in [0.15, 0.2) is 42.5 Å². The summed E-state index contributed by atoms with van der Waals surface area (Å²) in [4.78, 5) is 5.95. The number of pyridine rings is 1. The van der Waals surface area contributed by atoms with Gasteiger partial charge in [0.15, 0.2) is 0 Å². The predicted molar refractivity (Wildman–Crippen MR) is 103 cm³/mol. The first-order valence-corrected chi connectivity index (χ1v) is 9.89. The summed E-state index contributed by atoms with van der Waals surface area (Å²) >= 11 is 0. The first-order valence-electron chi connectivity index (χ1n) is 9.89. The standard InChI is InChI=1S/C21H24F3N3O2/c22-21(23,24)18-4-1-5-19(26-18)29-17-3-2-14-28-20(17)15-6-8-16(9-7-15)27-12-10-25-11-13-27/h1,4-9,17,20,25H,2-3,10-14H2. The number of alkyl halides is 3. The second-order valence-corrected chi connectivity index (χ2v) is 7.28. The largest absolute Gasteiger partial charge is 0.471 e. The van der Waals surface area contributed by atoms with Gasteiger partial charge in [0.2, 0.25) is 5.88 Å². The van der Waals surface area contributed by atoms with Crippen molar-refractivity contribution in [3.63, 3.8) is 0 Å². The molecule has 2 aromatic rings. The third-order valence-electron chi connectivity index (χ3n) is 5.26. The number of nitrogens with one attached hydrogen (secondary N) is 1. The minimum absolute atomic E-state index is 0.0299. The Morgan fingerprint density at radius 3 is 2.55 bits per heavy atom. The molecule has 0 saturated carbocycles. The van der Waals surface area contributed by atoms with Crippen molar-refractivity contribution in [1.82, 2.24) is 10.3 Å². The lowest BCUT2D eigenvalue weighted by molar-refractivity contribution is -0.141. The summed E-state index contributed by atoms with van der Waals surface area (Å²) in [7, 11) is 0. The number of anilines is 1. The van der Waals surface area contributed by atoms with Gasteiger partial charge in [0.25, 0.3) is 0 Å². The number of nitrogens with zero attached hydrogens (tertiary/aromatic N) is 2. The van der Waals surface area contributed by atoms with Crippen LogP contribution in [0.4, 0.5) is 18.9 Å². The molecule has 2 atom stereocenters. The molecule has 8 heteroatoms. The zero-order valence-corrected chi connectivity index (χ0v) is 16.0. The van der Waals surface area contributed by atoms with Gasteiger partial charge in [0.05, 0.1) is 0 Å². The van der Waals surface area contributed by atoms with Crippen molar-refractivity contribution in [2.45, 2.75) is 31.2 Å². The van der Waals surface area contributed by atoms with Gasteiger partial charge in [-0.3, -0.25) is 0 Å². The highest BCUT2D eigenvalue weighted by atomic mass is 19.4. The number of aromatic nitrogens is 1. The molecular formula is C21H24F3N3O2. The molecule has 2 unspecified atom stereocenters. The average molecular weight is 407 g/mol. The van der Waals surface area contributed by atoms with E-state index < -0.39 is 11.9 Å². The zero-order valence-electron chi connectivity index (χ0n) is 16.0. The fourth-order valence-electron chi connectivity index (χ4n) is 3.78. The molecule has 3 heterocycles. The fourth-order valence-corrected chi connectivity index (χ4v) is 3.78. The minimum atomic E-state index is -4.50. The lowest BCUT2D eigenvalue weighted by Crippen LogP contribution is -2.43. The number of hydrogen-bond acceptors (Lipinski definition) is 5. The molecular weight excluding hydrogens is 383 g/mol. The van der Waals surface area contributed by atoms with Crippen LogP contribution in [-0.2, 0) is 10.9 Å². The van der Waals surface area contributed by atoms with E-state index in [1.54, 1.807) is 0 Å². The van der Waals surface area contributed by atoms with Gasteiger partial charge in [0, 0.05) is 44.5 Å². The maximum atomic E-state index is 12.9. The number of ether oxygens (including phenoxy) is 2. The fraction of sp³-hybridized carbons (Fsp3) is 0.476. The Bertz CT molecular complexity index is 808. The lowest BCUT2D eigenvalue weighted by atomic mass is 9.98. The molecule has 0 aliphatic carbocycles. The van der Waals surface area contributed by atoms with Gasteiger partial charge in [-0.2, -0.15) is 13.2 Å². The summed E-state index contributed by atoms with van der Waals surface area (Å²) in [5.74, 6) is -0.0299. The van der Waals surface area contributed by atoms with Crippen LogP contribution >= 0.6 is 0 Å². The summed E-state index contributed by atoms with van der Waals surface area (Å²) in [6.07, 6.45) is -3.73. The maximum Gasteiger partial charge on any atom is 0.433 e. The number of halogens is 3. The Kier molecular flexibility index (Phi) is 5.91. The molecule has 1 N–H and O–H groups in total. The molecule has 0 radical (unpaired) electrons. The van der Waals surface area contributed by atoms with Crippen molar-refractivity contribution in [2.75, 3.05) is 37.7 Å². The minimum Gasteiger partial charge on any atom is -0.471 e. The van der Waals surface area contributed by atoms with E-state index in [9.17, 15) is 13.2 Å². The second kappa shape index (κ2) is 8.59. The molecule has 2 aliphatic heterocycles. The van der Waals surface area contributed by atoms with Gasteiger partial charge in [-0.25, -0.2) is 4.98 Å². The normalized spacial score (nSPS) is 23.1. The summed E-state index contributed by atoms with van der Waals surface area (Å²) in [5, 5.41) is 3.34. The van der Waals surface area contributed by atoms with Gasteiger partial charge < -0.3 is 19.7 Å². The highest BCUT2D eigenvalue weighted by Crippen LogP contribution is 2.34. The molecule has 0 amide bonds. The molecule has 4 rings (SSSR count). The van der Waals surface area contributed by atoms with Crippen LogP contribution in [0, 0.1) is 0 Å². The van der Waals surface area contributed by atoms with E-state index in [1.807, 2.05) is 12.1 Å². The maximum absolute atomic E-state index is 12.9. The zero-order chi connectivity index (χ0) is 20.3. The Balaban J connectivity index is 1.49. The SMILES string of the molecule is FC(F)(F)c1cccc(OC2CCCOC2c2ccc(N3CCNCC3)cc2)n1. The van der Waals surface area contributed by atoms with Crippen molar-refractivity contribution in [2.24, 2.45) is 0 Å². The van der Waals surface area contributed by atoms with E-state index in [2.05, 4.69) is 27.3 Å². The molecule has 2 saturated heterocycles. The van der Waals surface area contributed by atoms with Crippen LogP contribution in [0.25, 0.3) is 0 Å². The number of piperazine rings is 1. The molecule has 156 valence electrons. The summed E-state index contributed by atoms with van der Waals surface area (Å²) in [5.41, 5.74) is 1.16. The van der Waals surface area contributed by atoms with Gasteiger partial charge in [0.1, 0.15) is 17.9 Å². The van der Waals surface area contributed by atoms with Crippen molar-refractivity contribution >= 4 is 5.69 Å². The van der Waals surface area contributed by atoms with Gasteiger partial charge in [-0.05, 0) is 36.6 Å². The van der Waals surface area contributed by atoms with Crippen molar-refractivity contribution in [3.05, 3.63) is 53.7 Å². The van der Waals surface area contributed by atoms with Crippen molar-refractivity contribution in [1.29, 1.82) is 0 Å². The molecule has 29 heavy (non-hydrogen) atoms. The predicted octanol–water partition coefficient (Wildman–Crippen LogP) is 3.81. The summed E-state index contributed by atoms with van der Waals surface area (Å²) in [6, 6.07) is 11.9. The molecule has 1 aromatic heterocycles. The number of rotatable bonds is 4. The Morgan fingerprint density at radius 1 is 1.07 bits per heavy atom. The van der Waals surface area contributed by atoms with E-state index in [-0.39, 0.29) is 18.1 Å². The molecule has 2 fully saturated rings. The Labute approximate surface area is 167 Å². The third-order valence-corrected chi connectivity index (χ3v) is 5.26. The average Bonchev–Trinajstić information content (AvgIpc) is 2.75. The quantitative estimate of drug-likeness (QED) is 0.835. The first-order chi connectivity index (χ1) is 14.0. The van der Waals surface area contributed by atoms with Gasteiger partial charge in [-0.1, -0.05) is 18.2 Å². The molecule has 0 spiro atoms. The molecule has 5 nitrogen and oxygen atoms in total. The van der Waals surface area contributed by atoms with Crippen molar-refractivity contribution < 1.29 is 22.6 Å². The third kappa shape index (κ3) is 4.82. The van der Waals surface area contributed by atoms with Crippen LogP contribution in [0.2, 0.25) is 0 Å². The van der Waals surface area contributed by atoms with E-state index in [1.165, 1.54) is 12.1 Å². The van der Waals surface area contributed by atoms with Crippen LogP contribution in [0.5, 0.6) is 5.88 Å². The second-order valence-electron chi connectivity index (χ2n) is 7.28. The summed E-state index contributed by atoms with van der Waals surface area (Å²) in [6.45, 7) is 4.46. The monoisotopic (exact) mass is 407 g/mol. The van der Waals surface area contributed by atoms with E-state index in [4.69, 9.17) is 9.47 Å². The summed E-state index contributed by atoms with van der Waals surface area (Å²) < 4.78 is 50.6. The van der Waals surface area contributed by atoms with Crippen LogP contribution < -0.4 is 15.0 Å². The van der Waals surface area contributed by atoms with Gasteiger partial charge in [-0.15, -0.1) is 0 Å². The smallest absolute Gasteiger partial charge is 0.433 e. The van der Waals surface area contributed by atoms with Gasteiger partial charge >= 0.3 is 6.18 Å². The molecule has 1 aromatic carbocycles. The number of hydrogen-bond donors (Lipinski definition) is 1. The number of benzene rings is 1. The van der Waals surface area contributed by atoms with Crippen LogP contribution in [-0.4, -0.2) is 43.9 Å². The van der Waals surface area contributed by atoms with Crippen LogP contribution in [0.1, 0.15) is 30.2 Å². The first kappa shape index (κ1) is 20.0.